The van der Waals surface area contributed by atoms with E-state index in [1.54, 1.807) is 7.11 Å². The Morgan fingerprint density at radius 1 is 1.24 bits per heavy atom. The molecule has 0 spiro atoms. The molecule has 0 aliphatic carbocycles. The largest absolute Gasteiger partial charge is 0.497 e. The van der Waals surface area contributed by atoms with Gasteiger partial charge in [-0.25, -0.2) is 0 Å². The Labute approximate surface area is 108 Å². The molecule has 0 saturated heterocycles. The number of thiocarbonyl (C=S) groups is 1. The molecule has 0 saturated carbocycles. The molecule has 0 aromatic heterocycles. The van der Waals surface area contributed by atoms with Crippen LogP contribution in [-0.4, -0.2) is 18.7 Å². The van der Waals surface area contributed by atoms with Gasteiger partial charge >= 0.3 is 0 Å². The van der Waals surface area contributed by atoms with Gasteiger partial charge in [-0.1, -0.05) is 24.4 Å². The number of benzene rings is 1. The number of hydrogen-bond acceptors (Lipinski definition) is 3. The van der Waals surface area contributed by atoms with Gasteiger partial charge in [0, 0.05) is 6.61 Å². The Morgan fingerprint density at radius 2 is 1.94 bits per heavy atom. The number of hydrogen-bond donors (Lipinski definition) is 1. The first-order chi connectivity index (χ1) is 8.22. The SMILES string of the molecule is COc1ccc(COCCCCC(N)=S)cc1. The predicted molar refractivity (Wildman–Crippen MR) is 73.3 cm³/mol. The topological polar surface area (TPSA) is 44.5 Å². The summed E-state index contributed by atoms with van der Waals surface area (Å²) in [6.45, 7) is 1.38. The van der Waals surface area contributed by atoms with E-state index in [0.29, 0.717) is 11.6 Å². The molecule has 1 aromatic carbocycles. The molecule has 2 N–H and O–H groups in total. The average molecular weight is 253 g/mol. The highest BCUT2D eigenvalue weighted by Gasteiger charge is 1.95. The third-order valence-corrected chi connectivity index (χ3v) is 2.59. The maximum absolute atomic E-state index is 5.55. The number of methoxy groups -OCH3 is 1. The predicted octanol–water partition coefficient (Wildman–Crippen LogP) is 2.67. The van der Waals surface area contributed by atoms with Crippen molar-refractivity contribution >= 4 is 17.2 Å². The Morgan fingerprint density at radius 3 is 2.53 bits per heavy atom. The molecule has 1 aromatic rings. The van der Waals surface area contributed by atoms with E-state index in [1.807, 2.05) is 24.3 Å². The molecular weight excluding hydrogens is 234 g/mol. The van der Waals surface area contributed by atoms with Crippen molar-refractivity contribution in [2.75, 3.05) is 13.7 Å². The molecule has 0 radical (unpaired) electrons. The van der Waals surface area contributed by atoms with Gasteiger partial charge in [-0.15, -0.1) is 0 Å². The van der Waals surface area contributed by atoms with Crippen LogP contribution >= 0.6 is 12.2 Å². The Bertz CT molecular complexity index is 338. The van der Waals surface area contributed by atoms with E-state index >= 15 is 0 Å². The van der Waals surface area contributed by atoms with Crippen molar-refractivity contribution < 1.29 is 9.47 Å². The Kier molecular flexibility index (Phi) is 6.58. The third kappa shape index (κ3) is 6.24. The number of nitrogens with two attached hydrogens (primary N) is 1. The van der Waals surface area contributed by atoms with Gasteiger partial charge in [0.2, 0.25) is 0 Å². The summed E-state index contributed by atoms with van der Waals surface area (Å²) in [5, 5.41) is 0. The maximum Gasteiger partial charge on any atom is 0.118 e. The molecule has 94 valence electrons. The van der Waals surface area contributed by atoms with Crippen LogP contribution in [0, 0.1) is 0 Å². The van der Waals surface area contributed by atoms with Crippen molar-refractivity contribution in [2.24, 2.45) is 5.73 Å². The van der Waals surface area contributed by atoms with Crippen LogP contribution < -0.4 is 10.5 Å². The zero-order valence-electron chi connectivity index (χ0n) is 10.1. The minimum Gasteiger partial charge on any atom is -0.497 e. The van der Waals surface area contributed by atoms with Crippen LogP contribution in [-0.2, 0) is 11.3 Å². The summed E-state index contributed by atoms with van der Waals surface area (Å²) in [4.78, 5) is 0.583. The van der Waals surface area contributed by atoms with Gasteiger partial charge in [0.15, 0.2) is 0 Å². The van der Waals surface area contributed by atoms with Gasteiger partial charge in [-0.05, 0) is 37.0 Å². The van der Waals surface area contributed by atoms with E-state index in [2.05, 4.69) is 0 Å². The monoisotopic (exact) mass is 253 g/mol. The molecule has 0 aliphatic heterocycles. The van der Waals surface area contributed by atoms with E-state index in [0.717, 1.165) is 37.2 Å². The molecule has 17 heavy (non-hydrogen) atoms. The summed E-state index contributed by atoms with van der Waals surface area (Å²) in [5.74, 6) is 0.866. The Balaban J connectivity index is 2.11. The molecule has 0 heterocycles. The highest BCUT2D eigenvalue weighted by Crippen LogP contribution is 2.12. The van der Waals surface area contributed by atoms with E-state index in [1.165, 1.54) is 0 Å². The second-order valence-electron chi connectivity index (χ2n) is 3.82. The highest BCUT2D eigenvalue weighted by atomic mass is 32.1. The van der Waals surface area contributed by atoms with Gasteiger partial charge < -0.3 is 15.2 Å². The molecular formula is C13H19NO2S. The fourth-order valence-electron chi connectivity index (χ4n) is 1.42. The first-order valence-electron chi connectivity index (χ1n) is 5.71. The Hall–Kier alpha value is -1.13. The van der Waals surface area contributed by atoms with Gasteiger partial charge in [-0.3, -0.25) is 0 Å². The van der Waals surface area contributed by atoms with Gasteiger partial charge in [0.05, 0.1) is 18.7 Å². The highest BCUT2D eigenvalue weighted by molar-refractivity contribution is 7.80. The molecule has 0 bridgehead atoms. The summed E-state index contributed by atoms with van der Waals surface area (Å²) in [6.07, 6.45) is 2.80. The minimum absolute atomic E-state index is 0.583. The fourth-order valence-corrected chi connectivity index (χ4v) is 1.56. The van der Waals surface area contributed by atoms with E-state index in [4.69, 9.17) is 27.4 Å². The fraction of sp³-hybridized carbons (Fsp3) is 0.462. The number of ether oxygens (including phenoxy) is 2. The van der Waals surface area contributed by atoms with Crippen LogP contribution in [0.2, 0.25) is 0 Å². The lowest BCUT2D eigenvalue weighted by atomic mass is 10.2. The number of rotatable bonds is 8. The van der Waals surface area contributed by atoms with Crippen molar-refractivity contribution in [1.29, 1.82) is 0 Å². The molecule has 0 aliphatic rings. The smallest absolute Gasteiger partial charge is 0.118 e. The molecule has 1 rings (SSSR count). The zero-order valence-corrected chi connectivity index (χ0v) is 11.0. The van der Waals surface area contributed by atoms with Crippen LogP contribution in [0.15, 0.2) is 24.3 Å². The molecule has 0 atom stereocenters. The molecule has 4 heteroatoms. The van der Waals surface area contributed by atoms with E-state index in [9.17, 15) is 0 Å². The lowest BCUT2D eigenvalue weighted by molar-refractivity contribution is 0.117. The first kappa shape index (κ1) is 13.9. The van der Waals surface area contributed by atoms with Crippen molar-refractivity contribution in [1.82, 2.24) is 0 Å². The summed E-state index contributed by atoms with van der Waals surface area (Å²) in [5.41, 5.74) is 6.56. The van der Waals surface area contributed by atoms with Crippen molar-refractivity contribution in [3.8, 4) is 5.75 Å². The second kappa shape index (κ2) is 8.03. The van der Waals surface area contributed by atoms with Crippen molar-refractivity contribution in [3.05, 3.63) is 29.8 Å². The summed E-state index contributed by atoms with van der Waals surface area (Å²) < 4.78 is 10.6. The number of unbranched alkanes of at least 4 members (excludes halogenated alkanes) is 1. The van der Waals surface area contributed by atoms with Crippen LogP contribution in [0.3, 0.4) is 0 Å². The van der Waals surface area contributed by atoms with Crippen LogP contribution in [0.25, 0.3) is 0 Å². The van der Waals surface area contributed by atoms with Gasteiger partial charge in [0.1, 0.15) is 5.75 Å². The molecule has 3 nitrogen and oxygen atoms in total. The van der Waals surface area contributed by atoms with Crippen LogP contribution in [0.4, 0.5) is 0 Å². The van der Waals surface area contributed by atoms with Crippen LogP contribution in [0.1, 0.15) is 24.8 Å². The van der Waals surface area contributed by atoms with Crippen LogP contribution in [0.5, 0.6) is 5.75 Å². The molecule has 0 fully saturated rings. The lowest BCUT2D eigenvalue weighted by Gasteiger charge is -2.05. The zero-order chi connectivity index (χ0) is 12.5. The quantitative estimate of drug-likeness (QED) is 0.571. The summed E-state index contributed by atoms with van der Waals surface area (Å²) in [6, 6.07) is 7.89. The lowest BCUT2D eigenvalue weighted by Crippen LogP contribution is -2.07. The standard InChI is InChI=1S/C13H19NO2S/c1-15-12-7-5-11(6-8-12)10-16-9-3-2-4-13(14)17/h5-8H,2-4,9-10H2,1H3,(H2,14,17). The van der Waals surface area contributed by atoms with Crippen molar-refractivity contribution in [2.45, 2.75) is 25.9 Å². The second-order valence-corrected chi connectivity index (χ2v) is 4.35. The van der Waals surface area contributed by atoms with Crippen molar-refractivity contribution in [3.63, 3.8) is 0 Å². The third-order valence-electron chi connectivity index (χ3n) is 2.39. The van der Waals surface area contributed by atoms with E-state index < -0.39 is 0 Å². The molecule has 0 unspecified atom stereocenters. The normalized spacial score (nSPS) is 10.2. The molecule has 0 amide bonds. The average Bonchev–Trinajstić information content (AvgIpc) is 2.34. The van der Waals surface area contributed by atoms with E-state index in [-0.39, 0.29) is 0 Å². The van der Waals surface area contributed by atoms with Gasteiger partial charge in [-0.2, -0.15) is 0 Å². The minimum atomic E-state index is 0.583. The maximum atomic E-state index is 5.55. The van der Waals surface area contributed by atoms with Gasteiger partial charge in [0.25, 0.3) is 0 Å². The summed E-state index contributed by atoms with van der Waals surface area (Å²) >= 11 is 4.80. The first-order valence-corrected chi connectivity index (χ1v) is 6.12. The summed E-state index contributed by atoms with van der Waals surface area (Å²) in [7, 11) is 1.66.